The Morgan fingerprint density at radius 1 is 1.38 bits per heavy atom. The number of nitrogens with two attached hydrogens (primary N) is 2. The molecule has 0 aliphatic carbocycles. The van der Waals surface area contributed by atoms with Crippen molar-refractivity contribution in [1.82, 2.24) is 9.97 Å². The number of hydrogen-bond acceptors (Lipinski definition) is 4. The van der Waals surface area contributed by atoms with Crippen molar-refractivity contribution in [3.63, 3.8) is 0 Å². The van der Waals surface area contributed by atoms with E-state index in [-0.39, 0.29) is 27.9 Å². The quantitative estimate of drug-likeness (QED) is 0.316. The number of nitrogens with zero attached hydrogens (tertiary/aromatic N) is 2. The van der Waals surface area contributed by atoms with E-state index in [1.165, 1.54) is 0 Å². The molecular weight excluding hydrogens is 215 g/mol. The predicted octanol–water partition coefficient (Wildman–Crippen LogP) is 0.671. The minimum absolute atomic E-state index is 0.0120. The van der Waals surface area contributed by atoms with Crippen LogP contribution < -0.4 is 16.8 Å². The van der Waals surface area contributed by atoms with E-state index in [2.05, 4.69) is 15.3 Å². The zero-order valence-corrected chi connectivity index (χ0v) is 7.82. The Bertz CT molecular complexity index is 328. The molecule has 0 bridgehead atoms. The van der Waals surface area contributed by atoms with E-state index in [1.54, 1.807) is 0 Å². The Morgan fingerprint density at radius 2 is 2.00 bits per heavy atom. The van der Waals surface area contributed by atoms with E-state index >= 15 is 0 Å². The van der Waals surface area contributed by atoms with Crippen molar-refractivity contribution in [3.8, 4) is 0 Å². The summed E-state index contributed by atoms with van der Waals surface area (Å²) in [4.78, 5) is 7.38. The molecule has 8 heteroatoms. The number of rotatable bonds is 1. The smallest absolute Gasteiger partial charge is 0.233 e. The summed E-state index contributed by atoms with van der Waals surface area (Å²) in [5, 5.41) is 9.32. The average molecular weight is 221 g/mol. The van der Waals surface area contributed by atoms with Crippen molar-refractivity contribution in [2.75, 3.05) is 11.1 Å². The van der Waals surface area contributed by atoms with Gasteiger partial charge in [0.15, 0.2) is 11.1 Å². The summed E-state index contributed by atoms with van der Waals surface area (Å²) in [5.41, 5.74) is 10.4. The van der Waals surface area contributed by atoms with Crippen LogP contribution in [-0.2, 0) is 0 Å². The number of anilines is 2. The Morgan fingerprint density at radius 3 is 2.46 bits per heavy atom. The second-order valence-electron chi connectivity index (χ2n) is 2.08. The molecule has 1 rings (SSSR count). The summed E-state index contributed by atoms with van der Waals surface area (Å²) in [7, 11) is 0. The van der Waals surface area contributed by atoms with Gasteiger partial charge in [0.1, 0.15) is 10.8 Å². The van der Waals surface area contributed by atoms with Gasteiger partial charge < -0.3 is 11.5 Å². The highest BCUT2D eigenvalue weighted by atomic mass is 35.5. The Hall–Kier alpha value is -1.27. The highest BCUT2D eigenvalue weighted by Gasteiger charge is 2.08. The lowest BCUT2D eigenvalue weighted by atomic mass is 10.6. The molecule has 0 unspecified atom stereocenters. The fraction of sp³-hybridized carbons (Fsp3) is 0. The van der Waals surface area contributed by atoms with Gasteiger partial charge in [0.25, 0.3) is 0 Å². The standard InChI is InChI=1S/C5H6Cl2N6/c6-1-2(7)11-5(12-3(1)8)13-4(9)10/h(H6,8,9,10,11,12,13). The Balaban J connectivity index is 3.06. The maximum Gasteiger partial charge on any atom is 0.233 e. The molecule has 0 fully saturated rings. The van der Waals surface area contributed by atoms with Gasteiger partial charge in [-0.05, 0) is 0 Å². The van der Waals surface area contributed by atoms with E-state index in [0.29, 0.717) is 0 Å². The highest BCUT2D eigenvalue weighted by molar-refractivity contribution is 6.42. The van der Waals surface area contributed by atoms with Gasteiger partial charge in [-0.25, -0.2) is 0 Å². The van der Waals surface area contributed by atoms with Crippen molar-refractivity contribution in [2.45, 2.75) is 0 Å². The Labute approximate surface area is 83.8 Å². The van der Waals surface area contributed by atoms with Gasteiger partial charge in [0, 0.05) is 0 Å². The highest BCUT2D eigenvalue weighted by Crippen LogP contribution is 2.25. The lowest BCUT2D eigenvalue weighted by Gasteiger charge is -2.04. The molecule has 0 aliphatic rings. The predicted molar refractivity (Wildman–Crippen MR) is 52.0 cm³/mol. The zero-order valence-electron chi connectivity index (χ0n) is 6.31. The van der Waals surface area contributed by atoms with Crippen LogP contribution in [0.5, 0.6) is 0 Å². The van der Waals surface area contributed by atoms with Gasteiger partial charge in [0.2, 0.25) is 5.95 Å². The van der Waals surface area contributed by atoms with Crippen LogP contribution in [0, 0.1) is 5.41 Å². The van der Waals surface area contributed by atoms with E-state index < -0.39 is 0 Å². The molecule has 13 heavy (non-hydrogen) atoms. The molecule has 0 atom stereocenters. The fourth-order valence-corrected chi connectivity index (χ4v) is 0.874. The first-order valence-electron chi connectivity index (χ1n) is 3.10. The molecule has 0 radical (unpaired) electrons. The molecule has 0 saturated carbocycles. The van der Waals surface area contributed by atoms with Crippen LogP contribution in [0.4, 0.5) is 11.8 Å². The summed E-state index contributed by atoms with van der Waals surface area (Å²) >= 11 is 11.2. The lowest BCUT2D eigenvalue weighted by Crippen LogP contribution is -2.22. The Kier molecular flexibility index (Phi) is 2.74. The van der Waals surface area contributed by atoms with Gasteiger partial charge in [-0.2, -0.15) is 9.97 Å². The summed E-state index contributed by atoms with van der Waals surface area (Å²) < 4.78 is 0. The zero-order chi connectivity index (χ0) is 10.0. The normalized spacial score (nSPS) is 9.69. The molecule has 0 amide bonds. The lowest BCUT2D eigenvalue weighted by molar-refractivity contribution is 1.17. The van der Waals surface area contributed by atoms with E-state index in [1.807, 2.05) is 0 Å². The van der Waals surface area contributed by atoms with Gasteiger partial charge >= 0.3 is 0 Å². The number of hydrogen-bond donors (Lipinski definition) is 4. The molecule has 6 nitrogen and oxygen atoms in total. The SMILES string of the molecule is N=C(N)Nc1nc(N)c(Cl)c(Cl)n1. The van der Waals surface area contributed by atoms with E-state index in [0.717, 1.165) is 0 Å². The van der Waals surface area contributed by atoms with Gasteiger partial charge in [0.05, 0.1) is 0 Å². The van der Waals surface area contributed by atoms with Crippen molar-refractivity contribution in [2.24, 2.45) is 5.73 Å². The average Bonchev–Trinajstić information content (AvgIpc) is 1.98. The fourth-order valence-electron chi connectivity index (χ4n) is 0.612. The number of aromatic nitrogens is 2. The largest absolute Gasteiger partial charge is 0.382 e. The number of halogens is 2. The maximum atomic E-state index is 6.90. The minimum Gasteiger partial charge on any atom is -0.382 e. The molecular formula is C5H6Cl2N6. The van der Waals surface area contributed by atoms with Crippen LogP contribution in [0.25, 0.3) is 0 Å². The monoisotopic (exact) mass is 220 g/mol. The van der Waals surface area contributed by atoms with Gasteiger partial charge in [-0.3, -0.25) is 10.7 Å². The number of nitrogen functional groups attached to an aromatic ring is 1. The van der Waals surface area contributed by atoms with Crippen LogP contribution in [0.1, 0.15) is 0 Å². The summed E-state index contributed by atoms with van der Waals surface area (Å²) in [6.07, 6.45) is 0. The third kappa shape index (κ3) is 2.33. The van der Waals surface area contributed by atoms with E-state index in [9.17, 15) is 0 Å². The second-order valence-corrected chi connectivity index (χ2v) is 2.81. The van der Waals surface area contributed by atoms with Gasteiger partial charge in [-0.1, -0.05) is 23.2 Å². The third-order valence-electron chi connectivity index (χ3n) is 1.08. The van der Waals surface area contributed by atoms with Crippen molar-refractivity contribution < 1.29 is 0 Å². The third-order valence-corrected chi connectivity index (χ3v) is 1.83. The van der Waals surface area contributed by atoms with Crippen LogP contribution in [0.15, 0.2) is 0 Å². The number of guanidine groups is 1. The molecule has 0 aliphatic heterocycles. The van der Waals surface area contributed by atoms with Crippen LogP contribution in [-0.4, -0.2) is 15.9 Å². The second kappa shape index (κ2) is 3.63. The first kappa shape index (κ1) is 9.82. The minimum atomic E-state index is -0.308. The summed E-state index contributed by atoms with van der Waals surface area (Å²) in [6.45, 7) is 0. The van der Waals surface area contributed by atoms with Crippen molar-refractivity contribution >= 4 is 40.9 Å². The molecule has 6 N–H and O–H groups in total. The molecule has 1 aromatic heterocycles. The van der Waals surface area contributed by atoms with Crippen LogP contribution in [0.3, 0.4) is 0 Å². The van der Waals surface area contributed by atoms with Crippen LogP contribution in [0.2, 0.25) is 10.2 Å². The molecule has 70 valence electrons. The molecule has 1 heterocycles. The van der Waals surface area contributed by atoms with Crippen molar-refractivity contribution in [1.29, 1.82) is 5.41 Å². The molecule has 0 spiro atoms. The van der Waals surface area contributed by atoms with E-state index in [4.69, 9.17) is 40.1 Å². The molecule has 1 aromatic rings. The van der Waals surface area contributed by atoms with Gasteiger partial charge in [-0.15, -0.1) is 0 Å². The number of nitrogens with one attached hydrogen (secondary N) is 2. The molecule has 0 saturated heterocycles. The summed E-state index contributed by atoms with van der Waals surface area (Å²) in [5.74, 6) is -0.234. The first-order chi connectivity index (χ1) is 6.00. The van der Waals surface area contributed by atoms with Crippen LogP contribution >= 0.6 is 23.2 Å². The molecule has 0 aromatic carbocycles. The first-order valence-corrected chi connectivity index (χ1v) is 3.86. The topological polar surface area (TPSA) is 114 Å². The van der Waals surface area contributed by atoms with Crippen molar-refractivity contribution in [3.05, 3.63) is 10.2 Å². The summed E-state index contributed by atoms with van der Waals surface area (Å²) in [6, 6.07) is 0. The maximum absolute atomic E-state index is 6.90.